The van der Waals surface area contributed by atoms with Crippen molar-refractivity contribution in [3.8, 4) is 0 Å². The molecular weight excluding hydrogens is 443 g/mol. The number of alkyl halides is 5. The van der Waals surface area contributed by atoms with Gasteiger partial charge in [0.2, 0.25) is 11.8 Å². The number of imidazole rings is 1. The maximum atomic E-state index is 13.8. The molecule has 1 aromatic carbocycles. The summed E-state index contributed by atoms with van der Waals surface area (Å²) in [7, 11) is 0. The molecule has 1 amide bonds. The highest BCUT2D eigenvalue weighted by Gasteiger charge is 2.40. The van der Waals surface area contributed by atoms with E-state index in [0.29, 0.717) is 29.7 Å². The Bertz CT molecular complexity index is 1000. The summed E-state index contributed by atoms with van der Waals surface area (Å²) in [6.45, 7) is 0.995. The largest absolute Gasteiger partial charge is 0.392 e. The van der Waals surface area contributed by atoms with Crippen molar-refractivity contribution in [3.05, 3.63) is 29.6 Å². The van der Waals surface area contributed by atoms with Crippen LogP contribution in [0, 0.1) is 17.8 Å². The molecule has 5 nitrogen and oxygen atoms in total. The van der Waals surface area contributed by atoms with Crippen LogP contribution < -0.4 is 11.1 Å². The number of hydrogen-bond donors (Lipinski definition) is 3. The van der Waals surface area contributed by atoms with Gasteiger partial charge in [0.05, 0.1) is 29.0 Å². The summed E-state index contributed by atoms with van der Waals surface area (Å²) in [5, 5.41) is 2.77. The number of amides is 1. The van der Waals surface area contributed by atoms with E-state index < -0.39 is 36.4 Å². The summed E-state index contributed by atoms with van der Waals surface area (Å²) in [5.41, 5.74) is 8.33. The van der Waals surface area contributed by atoms with E-state index in [1.807, 2.05) is 6.07 Å². The fourth-order valence-electron chi connectivity index (χ4n) is 4.67. The molecule has 4 atom stereocenters. The van der Waals surface area contributed by atoms with E-state index >= 15 is 0 Å². The molecule has 4 N–H and O–H groups in total. The molecule has 0 radical (unpaired) electrons. The van der Waals surface area contributed by atoms with Gasteiger partial charge in [-0.05, 0) is 55.2 Å². The van der Waals surface area contributed by atoms with E-state index in [1.165, 1.54) is 0 Å². The van der Waals surface area contributed by atoms with Crippen LogP contribution >= 0.6 is 0 Å². The van der Waals surface area contributed by atoms with Gasteiger partial charge < -0.3 is 16.0 Å². The SMILES string of the molecule is CC(CC(=O)N[C@@H](c1ccc2nc([C@@H](N)[C@@H]3CCCC(F)(F)C3)[nH]c2c1)C1CC1)C(F)(F)F. The van der Waals surface area contributed by atoms with E-state index in [9.17, 15) is 26.7 Å². The lowest BCUT2D eigenvalue weighted by molar-refractivity contribution is -0.174. The van der Waals surface area contributed by atoms with Crippen molar-refractivity contribution in [1.29, 1.82) is 0 Å². The number of nitrogens with zero attached hydrogens (tertiary/aromatic N) is 1. The molecule has 1 aromatic heterocycles. The molecule has 0 spiro atoms. The van der Waals surface area contributed by atoms with Crippen molar-refractivity contribution < 1.29 is 26.7 Å². The van der Waals surface area contributed by atoms with Crippen LogP contribution in [0.2, 0.25) is 0 Å². The first-order valence-electron chi connectivity index (χ1n) is 11.4. The number of fused-ring (bicyclic) bond motifs is 1. The second-order valence-corrected chi connectivity index (χ2v) is 9.67. The number of halogens is 5. The van der Waals surface area contributed by atoms with Crippen LogP contribution in [0.15, 0.2) is 18.2 Å². The van der Waals surface area contributed by atoms with E-state index in [0.717, 1.165) is 25.3 Å². The Morgan fingerprint density at radius 3 is 2.64 bits per heavy atom. The predicted octanol–water partition coefficient (Wildman–Crippen LogP) is 5.54. The van der Waals surface area contributed by atoms with Crippen molar-refractivity contribution >= 4 is 16.9 Å². The van der Waals surface area contributed by atoms with Gasteiger partial charge in [-0.1, -0.05) is 13.0 Å². The number of nitrogens with one attached hydrogen (secondary N) is 2. The third kappa shape index (κ3) is 5.65. The minimum atomic E-state index is -4.42. The zero-order valence-corrected chi connectivity index (χ0v) is 18.4. The van der Waals surface area contributed by atoms with Gasteiger partial charge >= 0.3 is 6.18 Å². The molecular formula is C23H29F5N4O. The molecule has 1 unspecified atom stereocenters. The van der Waals surface area contributed by atoms with Gasteiger partial charge in [0.25, 0.3) is 0 Å². The number of carbonyl (C=O) groups is 1. The molecule has 2 saturated carbocycles. The second kappa shape index (κ2) is 8.85. The number of rotatable bonds is 7. The first kappa shape index (κ1) is 23.9. The van der Waals surface area contributed by atoms with E-state index in [1.54, 1.807) is 12.1 Å². The molecule has 182 valence electrons. The van der Waals surface area contributed by atoms with Crippen molar-refractivity contribution in [2.75, 3.05) is 0 Å². The van der Waals surface area contributed by atoms with Crippen LogP contribution in [0.4, 0.5) is 22.0 Å². The third-order valence-corrected chi connectivity index (χ3v) is 6.85. The van der Waals surface area contributed by atoms with Crippen LogP contribution in [0.5, 0.6) is 0 Å². The Morgan fingerprint density at radius 1 is 1.27 bits per heavy atom. The highest BCUT2D eigenvalue weighted by molar-refractivity contribution is 5.78. The fourth-order valence-corrected chi connectivity index (χ4v) is 4.67. The zero-order chi connectivity index (χ0) is 24.0. The Kier molecular flexibility index (Phi) is 6.41. The van der Waals surface area contributed by atoms with Crippen molar-refractivity contribution in [2.45, 2.75) is 76.1 Å². The highest BCUT2D eigenvalue weighted by Crippen LogP contribution is 2.43. The van der Waals surface area contributed by atoms with Gasteiger partial charge in [-0.15, -0.1) is 0 Å². The van der Waals surface area contributed by atoms with Crippen LogP contribution in [0.25, 0.3) is 11.0 Å². The lowest BCUT2D eigenvalue weighted by Crippen LogP contribution is -2.33. The minimum Gasteiger partial charge on any atom is -0.349 e. The second-order valence-electron chi connectivity index (χ2n) is 9.67. The van der Waals surface area contributed by atoms with Crippen LogP contribution in [-0.2, 0) is 4.79 Å². The van der Waals surface area contributed by atoms with Crippen LogP contribution in [-0.4, -0.2) is 28.0 Å². The summed E-state index contributed by atoms with van der Waals surface area (Å²) in [6, 6.07) is 4.33. The number of H-pyrrole nitrogens is 1. The van der Waals surface area contributed by atoms with Crippen molar-refractivity contribution in [1.82, 2.24) is 15.3 Å². The summed E-state index contributed by atoms with van der Waals surface area (Å²) in [5.74, 6) is -4.83. The molecule has 4 rings (SSSR count). The lowest BCUT2D eigenvalue weighted by Gasteiger charge is -2.31. The Morgan fingerprint density at radius 2 is 2.00 bits per heavy atom. The van der Waals surface area contributed by atoms with Crippen LogP contribution in [0.1, 0.15) is 75.3 Å². The smallest absolute Gasteiger partial charge is 0.349 e. The Labute approximate surface area is 188 Å². The van der Waals surface area contributed by atoms with Gasteiger partial charge in [0.15, 0.2) is 0 Å². The van der Waals surface area contributed by atoms with E-state index in [4.69, 9.17) is 5.73 Å². The highest BCUT2D eigenvalue weighted by atomic mass is 19.4. The normalized spacial score (nSPS) is 23.8. The molecule has 2 aromatic rings. The molecule has 2 fully saturated rings. The maximum absolute atomic E-state index is 13.8. The number of carbonyl (C=O) groups excluding carboxylic acids is 1. The Hall–Kier alpha value is -2.23. The van der Waals surface area contributed by atoms with E-state index in [-0.39, 0.29) is 30.7 Å². The summed E-state index contributed by atoms with van der Waals surface area (Å²) < 4.78 is 66.1. The average Bonchev–Trinajstić information content (AvgIpc) is 3.47. The van der Waals surface area contributed by atoms with Gasteiger partial charge in [-0.25, -0.2) is 13.8 Å². The molecule has 0 saturated heterocycles. The number of aromatic amines is 1. The van der Waals surface area contributed by atoms with Gasteiger partial charge in [-0.3, -0.25) is 4.79 Å². The standard InChI is InChI=1S/C23H29F5N4O/c1-12(23(26,27)28)9-18(33)32-20(13-4-5-13)14-6-7-16-17(10-14)31-21(30-16)19(29)15-3-2-8-22(24,25)11-15/h6-7,10,12-13,15,19-20H,2-5,8-9,11,29H2,1H3,(H,30,31)(H,32,33)/t12?,15-,19+,20-/m1/s1. The number of aromatic nitrogens is 2. The molecule has 2 aliphatic rings. The average molecular weight is 473 g/mol. The summed E-state index contributed by atoms with van der Waals surface area (Å²) in [6.07, 6.45) is -2.61. The lowest BCUT2D eigenvalue weighted by atomic mass is 9.82. The van der Waals surface area contributed by atoms with Gasteiger partial charge in [0, 0.05) is 19.3 Å². The molecule has 0 aliphatic heterocycles. The molecule has 10 heteroatoms. The molecule has 2 aliphatic carbocycles. The first-order valence-corrected chi connectivity index (χ1v) is 11.4. The Balaban J connectivity index is 1.50. The van der Waals surface area contributed by atoms with Crippen molar-refractivity contribution in [2.24, 2.45) is 23.5 Å². The topological polar surface area (TPSA) is 83.8 Å². The number of hydrogen-bond acceptors (Lipinski definition) is 3. The monoisotopic (exact) mass is 472 g/mol. The summed E-state index contributed by atoms with van der Waals surface area (Å²) in [4.78, 5) is 19.9. The number of benzene rings is 1. The molecule has 0 bridgehead atoms. The number of nitrogens with two attached hydrogens (primary N) is 1. The van der Waals surface area contributed by atoms with Gasteiger partial charge in [0.1, 0.15) is 5.82 Å². The van der Waals surface area contributed by atoms with Crippen molar-refractivity contribution in [3.63, 3.8) is 0 Å². The summed E-state index contributed by atoms with van der Waals surface area (Å²) >= 11 is 0. The van der Waals surface area contributed by atoms with Gasteiger partial charge in [-0.2, -0.15) is 13.2 Å². The predicted molar refractivity (Wildman–Crippen MR) is 113 cm³/mol. The fraction of sp³-hybridized carbons (Fsp3) is 0.652. The third-order valence-electron chi connectivity index (χ3n) is 6.85. The van der Waals surface area contributed by atoms with Crippen LogP contribution in [0.3, 0.4) is 0 Å². The van der Waals surface area contributed by atoms with E-state index in [2.05, 4.69) is 15.3 Å². The molecule has 33 heavy (non-hydrogen) atoms. The quantitative estimate of drug-likeness (QED) is 0.463. The minimum absolute atomic E-state index is 0.115. The first-order chi connectivity index (χ1) is 15.4. The zero-order valence-electron chi connectivity index (χ0n) is 18.4. The molecule has 1 heterocycles. The maximum Gasteiger partial charge on any atom is 0.392 e.